The Morgan fingerprint density at radius 2 is 2.19 bits per heavy atom. The van der Waals surface area contributed by atoms with Gasteiger partial charge in [-0.15, -0.1) is 23.7 Å². The lowest BCUT2D eigenvalue weighted by molar-refractivity contribution is -0.153. The zero-order valence-corrected chi connectivity index (χ0v) is 19.1. The van der Waals surface area contributed by atoms with Gasteiger partial charge in [0.1, 0.15) is 25.0 Å². The smallest absolute Gasteiger partial charge is 0.330 e. The molecule has 0 saturated carbocycles. The van der Waals surface area contributed by atoms with E-state index in [-0.39, 0.29) is 44.1 Å². The first-order valence-electron chi connectivity index (χ1n) is 9.83. The summed E-state index contributed by atoms with van der Waals surface area (Å²) in [7, 11) is 0. The minimum absolute atomic E-state index is 0. The fourth-order valence-electron chi connectivity index (χ4n) is 3.64. The Bertz CT molecular complexity index is 1050. The number of esters is 1. The molecule has 32 heavy (non-hydrogen) atoms. The molecule has 0 spiro atoms. The summed E-state index contributed by atoms with van der Waals surface area (Å²) in [6.07, 6.45) is 0.525. The molecule has 0 amide bonds. The number of carbonyl (C=O) groups is 1. The lowest BCUT2D eigenvalue weighted by Crippen LogP contribution is -2.36. The molecular weight excluding hydrogens is 488 g/mol. The number of aromatic nitrogens is 2. The van der Waals surface area contributed by atoms with Gasteiger partial charge in [0.2, 0.25) is 5.82 Å². The third-order valence-electron chi connectivity index (χ3n) is 5.22. The number of carbonyl (C=O) groups excluding carboxylic acids is 1. The molecule has 2 fully saturated rings. The Morgan fingerprint density at radius 1 is 1.38 bits per heavy atom. The molecular formula is C19H22Cl2FN3O6S. The average molecular weight is 510 g/mol. The van der Waals surface area contributed by atoms with Crippen LogP contribution in [0.3, 0.4) is 0 Å². The molecule has 2 aromatic heterocycles. The van der Waals surface area contributed by atoms with Gasteiger partial charge in [0.05, 0.1) is 23.2 Å². The Hall–Kier alpha value is -1.76. The van der Waals surface area contributed by atoms with Crippen molar-refractivity contribution in [1.29, 1.82) is 0 Å². The molecule has 176 valence electrons. The van der Waals surface area contributed by atoms with Gasteiger partial charge in [-0.25, -0.2) is 4.79 Å². The lowest BCUT2D eigenvalue weighted by atomic mass is 10.2. The first-order chi connectivity index (χ1) is 14.9. The van der Waals surface area contributed by atoms with Crippen LogP contribution in [0.15, 0.2) is 27.9 Å². The number of hydrogen-bond donors (Lipinski definition) is 2. The summed E-state index contributed by atoms with van der Waals surface area (Å²) in [4.78, 5) is 38.5. The van der Waals surface area contributed by atoms with Crippen molar-refractivity contribution in [1.82, 2.24) is 14.9 Å². The van der Waals surface area contributed by atoms with Crippen LogP contribution in [0.4, 0.5) is 4.39 Å². The van der Waals surface area contributed by atoms with E-state index in [1.54, 1.807) is 6.07 Å². The first kappa shape index (κ1) is 24.9. The number of rotatable bonds is 7. The minimum atomic E-state index is -1.10. The molecule has 2 aliphatic heterocycles. The monoisotopic (exact) mass is 509 g/mol. The maximum atomic E-state index is 13.7. The van der Waals surface area contributed by atoms with E-state index in [0.717, 1.165) is 28.6 Å². The SMILES string of the molecule is Cl.O=C(OC[C@H]1O[C@@H](n2cc(F)c(=O)[nH]c2=O)C[C@@H]1OCc1ccc(Cl)s1)[C@@H]1CCCN1. The van der Waals surface area contributed by atoms with Crippen molar-refractivity contribution in [3.05, 3.63) is 54.2 Å². The van der Waals surface area contributed by atoms with E-state index in [1.807, 2.05) is 11.1 Å². The Labute approximate surface area is 197 Å². The van der Waals surface area contributed by atoms with Crippen LogP contribution in [0.5, 0.6) is 0 Å². The molecule has 2 aliphatic rings. The maximum absolute atomic E-state index is 13.7. The van der Waals surface area contributed by atoms with Crippen LogP contribution in [0.25, 0.3) is 0 Å². The van der Waals surface area contributed by atoms with Crippen LogP contribution >= 0.6 is 35.3 Å². The molecule has 2 aromatic rings. The second-order valence-corrected chi connectivity index (χ2v) is 9.14. The number of ether oxygens (including phenoxy) is 3. The molecule has 0 radical (unpaired) electrons. The molecule has 0 bridgehead atoms. The highest BCUT2D eigenvalue weighted by Crippen LogP contribution is 2.32. The average Bonchev–Trinajstić information content (AvgIpc) is 3.48. The molecule has 4 atom stereocenters. The number of hydrogen-bond acceptors (Lipinski definition) is 8. The Balaban J connectivity index is 0.00000289. The second kappa shape index (κ2) is 10.9. The summed E-state index contributed by atoms with van der Waals surface area (Å²) >= 11 is 7.32. The van der Waals surface area contributed by atoms with Crippen molar-refractivity contribution < 1.29 is 23.4 Å². The van der Waals surface area contributed by atoms with E-state index in [1.165, 1.54) is 11.3 Å². The van der Waals surface area contributed by atoms with Gasteiger partial charge in [-0.3, -0.25) is 19.1 Å². The first-order valence-corrected chi connectivity index (χ1v) is 11.0. The quantitative estimate of drug-likeness (QED) is 0.548. The van der Waals surface area contributed by atoms with Crippen LogP contribution in [0, 0.1) is 5.82 Å². The Kier molecular flexibility index (Phi) is 8.48. The molecule has 0 unspecified atom stereocenters. The number of nitrogens with zero attached hydrogens (tertiary/aromatic N) is 1. The molecule has 2 N–H and O–H groups in total. The van der Waals surface area contributed by atoms with E-state index in [2.05, 4.69) is 5.32 Å². The standard InChI is InChI=1S/C19H21ClFN3O6S.ClH/c20-15-4-3-10(31-15)8-28-13-6-16(24-7-11(21)17(25)23-19(24)27)30-14(13)9-29-18(26)12-2-1-5-22-12;/h3-4,7,12-14,16,22H,1-2,5-6,8-9H2,(H,23,25,27);1H/t12-,13-,14+,16+;/m0./s1. The summed E-state index contributed by atoms with van der Waals surface area (Å²) in [6, 6.07) is 3.25. The van der Waals surface area contributed by atoms with Gasteiger partial charge >= 0.3 is 11.7 Å². The lowest BCUT2D eigenvalue weighted by Gasteiger charge is -2.20. The van der Waals surface area contributed by atoms with Crippen molar-refractivity contribution in [3.63, 3.8) is 0 Å². The fourth-order valence-corrected chi connectivity index (χ4v) is 4.65. The molecule has 13 heteroatoms. The van der Waals surface area contributed by atoms with Gasteiger partial charge in [0, 0.05) is 11.3 Å². The van der Waals surface area contributed by atoms with Gasteiger partial charge in [-0.1, -0.05) is 11.6 Å². The summed E-state index contributed by atoms with van der Waals surface area (Å²) in [5.74, 6) is -1.48. The topological polar surface area (TPSA) is 112 Å². The number of halogens is 3. The van der Waals surface area contributed by atoms with Crippen molar-refractivity contribution in [3.8, 4) is 0 Å². The maximum Gasteiger partial charge on any atom is 0.330 e. The van der Waals surface area contributed by atoms with Gasteiger partial charge in [0.15, 0.2) is 0 Å². The van der Waals surface area contributed by atoms with Crippen molar-refractivity contribution >= 4 is 41.3 Å². The predicted octanol–water partition coefficient (Wildman–Crippen LogP) is 1.98. The summed E-state index contributed by atoms with van der Waals surface area (Å²) in [6.45, 7) is 0.934. The van der Waals surface area contributed by atoms with Gasteiger partial charge in [-0.2, -0.15) is 4.39 Å². The third-order valence-corrected chi connectivity index (χ3v) is 6.42. The van der Waals surface area contributed by atoms with E-state index < -0.39 is 35.5 Å². The predicted molar refractivity (Wildman–Crippen MR) is 117 cm³/mol. The van der Waals surface area contributed by atoms with Gasteiger partial charge < -0.3 is 19.5 Å². The van der Waals surface area contributed by atoms with E-state index >= 15 is 0 Å². The number of H-pyrrole nitrogens is 1. The third kappa shape index (κ3) is 5.77. The molecule has 2 saturated heterocycles. The summed E-state index contributed by atoms with van der Waals surface area (Å²) in [5.41, 5.74) is -1.90. The minimum Gasteiger partial charge on any atom is -0.462 e. The Morgan fingerprint density at radius 3 is 2.88 bits per heavy atom. The van der Waals surface area contributed by atoms with Crippen molar-refractivity contribution in [2.24, 2.45) is 0 Å². The highest BCUT2D eigenvalue weighted by Gasteiger charge is 2.39. The zero-order chi connectivity index (χ0) is 22.0. The van der Waals surface area contributed by atoms with Gasteiger partial charge in [-0.05, 0) is 31.5 Å². The zero-order valence-electron chi connectivity index (χ0n) is 16.8. The number of thiophene rings is 1. The van der Waals surface area contributed by atoms with Crippen LogP contribution in [0.2, 0.25) is 4.34 Å². The molecule has 4 heterocycles. The van der Waals surface area contributed by atoms with Crippen molar-refractivity contribution in [2.45, 2.75) is 50.3 Å². The van der Waals surface area contributed by atoms with Crippen LogP contribution in [-0.2, 0) is 25.6 Å². The molecule has 9 nitrogen and oxygen atoms in total. The largest absolute Gasteiger partial charge is 0.462 e. The molecule has 0 aromatic carbocycles. The van der Waals surface area contributed by atoms with Crippen LogP contribution in [-0.4, -0.2) is 46.9 Å². The number of aromatic amines is 1. The molecule has 0 aliphatic carbocycles. The normalized spacial score (nSPS) is 24.9. The van der Waals surface area contributed by atoms with Crippen LogP contribution < -0.4 is 16.6 Å². The number of nitrogens with one attached hydrogen (secondary N) is 2. The summed E-state index contributed by atoms with van der Waals surface area (Å²) in [5, 5.41) is 3.07. The van der Waals surface area contributed by atoms with Crippen molar-refractivity contribution in [2.75, 3.05) is 13.2 Å². The van der Waals surface area contributed by atoms with Crippen LogP contribution in [0.1, 0.15) is 30.4 Å². The van der Waals surface area contributed by atoms with Gasteiger partial charge in [0.25, 0.3) is 5.56 Å². The van der Waals surface area contributed by atoms with E-state index in [9.17, 15) is 18.8 Å². The highest BCUT2D eigenvalue weighted by atomic mass is 35.5. The fraction of sp³-hybridized carbons (Fsp3) is 0.526. The highest BCUT2D eigenvalue weighted by molar-refractivity contribution is 7.16. The second-order valence-electron chi connectivity index (χ2n) is 7.34. The van der Waals surface area contributed by atoms with E-state index in [0.29, 0.717) is 10.8 Å². The summed E-state index contributed by atoms with van der Waals surface area (Å²) < 4.78 is 32.6. The van der Waals surface area contributed by atoms with E-state index in [4.69, 9.17) is 25.8 Å². The molecule has 4 rings (SSSR count).